The second-order valence-corrected chi connectivity index (χ2v) is 6.68. The number of hydrogen-bond donors (Lipinski definition) is 0. The van der Waals surface area contributed by atoms with Gasteiger partial charge in [0.2, 0.25) is 5.82 Å². The van der Waals surface area contributed by atoms with Crippen LogP contribution >= 0.6 is 0 Å². The molecule has 0 radical (unpaired) electrons. The molecule has 0 saturated carbocycles. The third-order valence-electron chi connectivity index (χ3n) is 4.90. The number of ether oxygens (including phenoxy) is 1. The van der Waals surface area contributed by atoms with Crippen molar-refractivity contribution in [3.8, 4) is 5.75 Å². The van der Waals surface area contributed by atoms with Crippen LogP contribution in [0.15, 0.2) is 47.1 Å². The van der Waals surface area contributed by atoms with Crippen molar-refractivity contribution < 1.29 is 31.5 Å². The van der Waals surface area contributed by atoms with Gasteiger partial charge in [0.05, 0.1) is 18.4 Å². The smallest absolute Gasteiger partial charge is 0.280 e. The molecule has 0 aromatic heterocycles. The van der Waals surface area contributed by atoms with Crippen molar-refractivity contribution in [3.63, 3.8) is 0 Å². The lowest BCUT2D eigenvalue weighted by Gasteiger charge is -2.15. The molecule has 1 aliphatic rings. The number of hydrogen-bond acceptors (Lipinski definition) is 3. The summed E-state index contributed by atoms with van der Waals surface area (Å²) in [7, 11) is 1.51. The largest absolute Gasteiger partial charge is 0.496 e. The van der Waals surface area contributed by atoms with E-state index in [1.54, 1.807) is 30.3 Å². The number of fused-ring (bicyclic) bond motifs is 1. The van der Waals surface area contributed by atoms with Crippen molar-refractivity contribution in [2.45, 2.75) is 6.92 Å². The molecule has 0 spiro atoms. The van der Waals surface area contributed by atoms with E-state index in [0.29, 0.717) is 11.3 Å². The van der Waals surface area contributed by atoms with Gasteiger partial charge in [-0.15, -0.1) is 0 Å². The maximum absolute atomic E-state index is 14.2. The zero-order valence-electron chi connectivity index (χ0n) is 16.1. The van der Waals surface area contributed by atoms with Gasteiger partial charge in [-0.1, -0.05) is 30.3 Å². The number of rotatable bonds is 3. The summed E-state index contributed by atoms with van der Waals surface area (Å²) in [5, 5.41) is 5.41. The van der Waals surface area contributed by atoms with Gasteiger partial charge in [0.25, 0.3) is 5.91 Å². The van der Waals surface area contributed by atoms with E-state index < -0.39 is 40.7 Å². The van der Waals surface area contributed by atoms with Crippen LogP contribution in [0.1, 0.15) is 12.5 Å². The van der Waals surface area contributed by atoms with Crippen molar-refractivity contribution in [2.75, 3.05) is 12.1 Å². The Morgan fingerprint density at radius 1 is 0.871 bits per heavy atom. The summed E-state index contributed by atoms with van der Waals surface area (Å²) in [5.41, 5.74) is -0.856. The van der Waals surface area contributed by atoms with Crippen LogP contribution in [0.2, 0.25) is 0 Å². The van der Waals surface area contributed by atoms with E-state index in [2.05, 4.69) is 5.10 Å². The minimum absolute atomic E-state index is 0.0499. The average Bonchev–Trinajstić information content (AvgIpc) is 3.04. The number of carbonyl (C=O) groups is 1. The first-order valence-corrected chi connectivity index (χ1v) is 8.95. The van der Waals surface area contributed by atoms with Gasteiger partial charge in [-0.25, -0.2) is 22.0 Å². The van der Waals surface area contributed by atoms with E-state index in [-0.39, 0.29) is 16.3 Å². The maximum Gasteiger partial charge on any atom is 0.280 e. The monoisotopic (exact) mass is 432 g/mol. The molecule has 0 N–H and O–H groups in total. The number of anilines is 1. The predicted octanol–water partition coefficient (Wildman–Crippen LogP) is 5.35. The molecule has 9 heteroatoms. The van der Waals surface area contributed by atoms with Crippen LogP contribution in [0, 0.1) is 29.1 Å². The predicted molar refractivity (Wildman–Crippen MR) is 105 cm³/mol. The van der Waals surface area contributed by atoms with Crippen molar-refractivity contribution >= 4 is 34.2 Å². The third-order valence-corrected chi connectivity index (χ3v) is 4.90. The molecule has 0 aliphatic carbocycles. The van der Waals surface area contributed by atoms with Gasteiger partial charge >= 0.3 is 0 Å². The van der Waals surface area contributed by atoms with Crippen LogP contribution < -0.4 is 9.75 Å². The molecule has 3 aromatic rings. The second-order valence-electron chi connectivity index (χ2n) is 6.68. The summed E-state index contributed by atoms with van der Waals surface area (Å²) < 4.78 is 74.2. The Labute approximate surface area is 172 Å². The Kier molecular flexibility index (Phi) is 4.96. The van der Waals surface area contributed by atoms with E-state index >= 15 is 0 Å². The first kappa shape index (κ1) is 20.5. The van der Waals surface area contributed by atoms with Gasteiger partial charge in [-0.2, -0.15) is 10.1 Å². The molecule has 4 nitrogen and oxygen atoms in total. The third kappa shape index (κ3) is 3.13. The van der Waals surface area contributed by atoms with Crippen LogP contribution in [0.4, 0.5) is 27.6 Å². The van der Waals surface area contributed by atoms with Gasteiger partial charge in [-0.3, -0.25) is 4.79 Å². The van der Waals surface area contributed by atoms with Gasteiger partial charge in [-0.05, 0) is 30.0 Å². The lowest BCUT2D eigenvalue weighted by molar-refractivity contribution is -0.114. The highest BCUT2D eigenvalue weighted by Crippen LogP contribution is 2.35. The first-order chi connectivity index (χ1) is 14.8. The molecule has 3 aromatic carbocycles. The van der Waals surface area contributed by atoms with E-state index in [1.807, 2.05) is 6.07 Å². The van der Waals surface area contributed by atoms with Gasteiger partial charge in [0, 0.05) is 5.39 Å². The molecule has 158 valence electrons. The lowest BCUT2D eigenvalue weighted by atomic mass is 10.00. The lowest BCUT2D eigenvalue weighted by Crippen LogP contribution is -2.25. The topological polar surface area (TPSA) is 41.9 Å². The molecular formula is C22H13F5N2O2. The Bertz CT molecular complexity index is 1290. The number of nitrogens with zero attached hydrogens (tertiary/aromatic N) is 2. The first-order valence-electron chi connectivity index (χ1n) is 8.95. The Morgan fingerprint density at radius 3 is 2.06 bits per heavy atom. The standard InChI is InChI=1S/C22H13F5N2O2/c1-10-14(9-11-7-8-15(31-2)13-6-4-3-5-12(11)13)22(30)29(28-10)21-19(26)17(24)16(23)18(25)20(21)27/h3-9H,1-2H3/b14-9+. The van der Waals surface area contributed by atoms with Crippen LogP contribution in [0.25, 0.3) is 16.8 Å². The fraction of sp³-hybridized carbons (Fsp3) is 0.0909. The van der Waals surface area contributed by atoms with Gasteiger partial charge in [0.15, 0.2) is 23.3 Å². The Morgan fingerprint density at radius 2 is 1.45 bits per heavy atom. The molecule has 1 aliphatic heterocycles. The van der Waals surface area contributed by atoms with E-state index in [0.717, 1.165) is 10.8 Å². The SMILES string of the molecule is COc1ccc(/C=C2/C(=O)N(c3c(F)c(F)c(F)c(F)c3F)N=C2C)c2ccccc12. The number of carbonyl (C=O) groups excluding carboxylic acids is 1. The summed E-state index contributed by atoms with van der Waals surface area (Å²) in [4.78, 5) is 12.8. The van der Waals surface area contributed by atoms with E-state index in [9.17, 15) is 26.7 Å². The molecule has 0 bridgehead atoms. The second kappa shape index (κ2) is 7.50. The van der Waals surface area contributed by atoms with Crippen molar-refractivity contribution in [1.82, 2.24) is 0 Å². The maximum atomic E-state index is 14.2. The van der Waals surface area contributed by atoms with Crippen LogP contribution in [-0.4, -0.2) is 18.7 Å². The highest BCUT2D eigenvalue weighted by Gasteiger charge is 2.37. The molecule has 0 atom stereocenters. The van der Waals surface area contributed by atoms with E-state index in [1.165, 1.54) is 20.1 Å². The molecule has 1 heterocycles. The fourth-order valence-electron chi connectivity index (χ4n) is 3.37. The summed E-state index contributed by atoms with van der Waals surface area (Å²) in [5.74, 6) is -11.3. The number of methoxy groups -OCH3 is 1. The number of halogens is 5. The molecule has 0 fully saturated rings. The van der Waals surface area contributed by atoms with E-state index in [4.69, 9.17) is 4.74 Å². The number of hydrazone groups is 1. The molecule has 0 unspecified atom stereocenters. The van der Waals surface area contributed by atoms with Crippen molar-refractivity contribution in [2.24, 2.45) is 5.10 Å². The quantitative estimate of drug-likeness (QED) is 0.242. The molecule has 0 saturated heterocycles. The zero-order chi connectivity index (χ0) is 22.4. The molecule has 31 heavy (non-hydrogen) atoms. The summed E-state index contributed by atoms with van der Waals surface area (Å²) in [6, 6.07) is 10.5. The molecular weight excluding hydrogens is 419 g/mol. The minimum Gasteiger partial charge on any atom is -0.496 e. The molecule has 4 rings (SSSR count). The van der Waals surface area contributed by atoms with Crippen molar-refractivity contribution in [3.05, 3.63) is 76.6 Å². The number of benzene rings is 3. The van der Waals surface area contributed by atoms with Gasteiger partial charge < -0.3 is 4.74 Å². The highest BCUT2D eigenvalue weighted by atomic mass is 19.2. The van der Waals surface area contributed by atoms with Crippen molar-refractivity contribution in [1.29, 1.82) is 0 Å². The summed E-state index contributed by atoms with van der Waals surface area (Å²) >= 11 is 0. The van der Waals surface area contributed by atoms with Crippen LogP contribution in [-0.2, 0) is 4.79 Å². The van der Waals surface area contributed by atoms with Crippen LogP contribution in [0.3, 0.4) is 0 Å². The Balaban J connectivity index is 1.84. The summed E-state index contributed by atoms with van der Waals surface area (Å²) in [6.45, 7) is 1.39. The average molecular weight is 432 g/mol. The number of amides is 1. The van der Waals surface area contributed by atoms with Crippen LogP contribution in [0.5, 0.6) is 5.75 Å². The molecule has 1 amide bonds. The minimum atomic E-state index is -2.31. The van der Waals surface area contributed by atoms with Gasteiger partial charge in [0.1, 0.15) is 11.4 Å². The Hall–Kier alpha value is -3.75. The zero-order valence-corrected chi connectivity index (χ0v) is 16.1. The fourth-order valence-corrected chi connectivity index (χ4v) is 3.37. The normalized spacial score (nSPS) is 15.2. The summed E-state index contributed by atoms with van der Waals surface area (Å²) in [6.07, 6.45) is 1.44. The highest BCUT2D eigenvalue weighted by molar-refractivity contribution is 6.32.